The molecule has 0 saturated carbocycles. The van der Waals surface area contributed by atoms with Gasteiger partial charge < -0.3 is 9.63 Å². The Morgan fingerprint density at radius 3 is 3.07 bits per heavy atom. The summed E-state index contributed by atoms with van der Waals surface area (Å²) in [7, 11) is 0. The van der Waals surface area contributed by atoms with E-state index in [1.165, 1.54) is 11.8 Å². The number of hydrogen-bond donors (Lipinski definition) is 1. The van der Waals surface area contributed by atoms with Gasteiger partial charge in [-0.1, -0.05) is 12.1 Å². The molecule has 14 heavy (non-hydrogen) atoms. The second-order valence-corrected chi connectivity index (χ2v) is 3.73. The summed E-state index contributed by atoms with van der Waals surface area (Å²) in [4.78, 5) is 14.3. The molecule has 1 aromatic rings. The summed E-state index contributed by atoms with van der Waals surface area (Å²) >= 11 is 1.25. The number of aromatic nitrogens is 2. The van der Waals surface area contributed by atoms with Crippen molar-refractivity contribution in [1.29, 1.82) is 0 Å². The van der Waals surface area contributed by atoms with Gasteiger partial charge in [0.15, 0.2) is 5.82 Å². The van der Waals surface area contributed by atoms with E-state index in [2.05, 4.69) is 10.1 Å². The van der Waals surface area contributed by atoms with E-state index in [9.17, 15) is 4.79 Å². The van der Waals surface area contributed by atoms with Crippen molar-refractivity contribution < 1.29 is 14.4 Å². The highest BCUT2D eigenvalue weighted by Gasteiger charge is 2.06. The minimum atomic E-state index is -0.830. The van der Waals surface area contributed by atoms with Gasteiger partial charge in [-0.3, -0.25) is 4.79 Å². The fourth-order valence-corrected chi connectivity index (χ4v) is 1.47. The quantitative estimate of drug-likeness (QED) is 0.773. The average Bonchev–Trinajstić information content (AvgIpc) is 2.53. The van der Waals surface area contributed by atoms with Crippen LogP contribution in [0.15, 0.2) is 4.52 Å². The Hall–Kier alpha value is -1.04. The number of aliphatic carboxylic acids is 1. The number of hydrogen-bond acceptors (Lipinski definition) is 5. The molecular formula is C8H12N2O3S. The van der Waals surface area contributed by atoms with Crippen LogP contribution in [0.25, 0.3) is 0 Å². The zero-order valence-corrected chi connectivity index (χ0v) is 8.71. The fraction of sp³-hybridized carbons (Fsp3) is 0.625. The van der Waals surface area contributed by atoms with E-state index in [0.717, 1.165) is 12.8 Å². The van der Waals surface area contributed by atoms with Crippen molar-refractivity contribution in [3.63, 3.8) is 0 Å². The highest BCUT2D eigenvalue weighted by Crippen LogP contribution is 2.10. The van der Waals surface area contributed by atoms with Gasteiger partial charge in [0.25, 0.3) is 0 Å². The first-order valence-electron chi connectivity index (χ1n) is 4.33. The van der Waals surface area contributed by atoms with Gasteiger partial charge in [-0.2, -0.15) is 4.98 Å². The lowest BCUT2D eigenvalue weighted by molar-refractivity contribution is -0.133. The van der Waals surface area contributed by atoms with Crippen LogP contribution >= 0.6 is 11.8 Å². The summed E-state index contributed by atoms with van der Waals surface area (Å²) in [6.45, 7) is 2.04. The van der Waals surface area contributed by atoms with Crippen LogP contribution in [0.3, 0.4) is 0 Å². The van der Waals surface area contributed by atoms with Crippen LogP contribution in [-0.4, -0.2) is 27.0 Å². The summed E-state index contributed by atoms with van der Waals surface area (Å²) in [6, 6.07) is 0. The van der Waals surface area contributed by atoms with E-state index in [4.69, 9.17) is 9.63 Å². The van der Waals surface area contributed by atoms with Gasteiger partial charge in [-0.05, 0) is 6.42 Å². The number of rotatable bonds is 6. The fourth-order valence-electron chi connectivity index (χ4n) is 0.900. The molecule has 0 bridgehead atoms. The lowest BCUT2D eigenvalue weighted by Gasteiger charge is -1.90. The zero-order valence-electron chi connectivity index (χ0n) is 7.89. The van der Waals surface area contributed by atoms with Crippen molar-refractivity contribution in [1.82, 2.24) is 10.1 Å². The Labute approximate surface area is 85.9 Å². The molecule has 0 fully saturated rings. The van der Waals surface area contributed by atoms with E-state index < -0.39 is 5.97 Å². The molecule has 0 aliphatic carbocycles. The third-order valence-electron chi connectivity index (χ3n) is 1.43. The van der Waals surface area contributed by atoms with Crippen LogP contribution in [0.4, 0.5) is 0 Å². The number of carboxylic acid groups (broad SMARTS) is 1. The standard InChI is InChI=1S/C8H12N2O3S/c1-2-3-6-9-7(13-10-6)4-14-5-8(11)12/h2-5H2,1H3,(H,11,12). The molecule has 0 aromatic carbocycles. The molecule has 1 N–H and O–H groups in total. The minimum Gasteiger partial charge on any atom is -0.481 e. The normalized spacial score (nSPS) is 10.4. The molecule has 0 amide bonds. The van der Waals surface area contributed by atoms with Gasteiger partial charge in [0.05, 0.1) is 11.5 Å². The molecule has 0 spiro atoms. The topological polar surface area (TPSA) is 76.2 Å². The lowest BCUT2D eigenvalue weighted by Crippen LogP contribution is -1.98. The van der Waals surface area contributed by atoms with E-state index in [-0.39, 0.29) is 5.75 Å². The lowest BCUT2D eigenvalue weighted by atomic mass is 10.3. The highest BCUT2D eigenvalue weighted by atomic mass is 32.2. The Balaban J connectivity index is 2.32. The van der Waals surface area contributed by atoms with Crippen LogP contribution in [-0.2, 0) is 17.0 Å². The van der Waals surface area contributed by atoms with Crippen LogP contribution in [0.2, 0.25) is 0 Å². The van der Waals surface area contributed by atoms with E-state index >= 15 is 0 Å². The predicted molar refractivity (Wildman–Crippen MR) is 52.1 cm³/mol. The van der Waals surface area contributed by atoms with Crippen molar-refractivity contribution in [2.75, 3.05) is 5.75 Å². The molecule has 0 aliphatic rings. The Kier molecular flexibility index (Phi) is 4.45. The number of thioether (sulfide) groups is 1. The molecule has 0 radical (unpaired) electrons. The Morgan fingerprint density at radius 2 is 2.43 bits per heavy atom. The van der Waals surface area contributed by atoms with E-state index in [1.54, 1.807) is 0 Å². The first-order valence-corrected chi connectivity index (χ1v) is 5.49. The largest absolute Gasteiger partial charge is 0.481 e. The average molecular weight is 216 g/mol. The molecular weight excluding hydrogens is 204 g/mol. The highest BCUT2D eigenvalue weighted by molar-refractivity contribution is 7.99. The maximum absolute atomic E-state index is 10.2. The first kappa shape index (κ1) is 11.0. The third kappa shape index (κ3) is 3.78. The summed E-state index contributed by atoms with van der Waals surface area (Å²) in [5.74, 6) is 0.885. The van der Waals surface area contributed by atoms with Crippen molar-refractivity contribution in [2.24, 2.45) is 0 Å². The maximum Gasteiger partial charge on any atom is 0.313 e. The van der Waals surface area contributed by atoms with Gasteiger partial charge in [0, 0.05) is 6.42 Å². The van der Waals surface area contributed by atoms with Crippen LogP contribution in [0.1, 0.15) is 25.1 Å². The monoisotopic (exact) mass is 216 g/mol. The molecule has 0 atom stereocenters. The molecule has 1 heterocycles. The molecule has 1 rings (SSSR count). The SMILES string of the molecule is CCCc1noc(CSCC(=O)O)n1. The molecule has 0 saturated heterocycles. The van der Waals surface area contributed by atoms with Crippen LogP contribution in [0, 0.1) is 0 Å². The second kappa shape index (κ2) is 5.64. The van der Waals surface area contributed by atoms with E-state index in [0.29, 0.717) is 17.5 Å². The summed E-state index contributed by atoms with van der Waals surface area (Å²) < 4.78 is 4.92. The smallest absolute Gasteiger partial charge is 0.313 e. The van der Waals surface area contributed by atoms with Gasteiger partial charge in [0.2, 0.25) is 5.89 Å². The summed E-state index contributed by atoms with van der Waals surface area (Å²) in [5, 5.41) is 12.2. The minimum absolute atomic E-state index is 0.0610. The maximum atomic E-state index is 10.2. The van der Waals surface area contributed by atoms with E-state index in [1.807, 2.05) is 6.92 Å². The summed E-state index contributed by atoms with van der Waals surface area (Å²) in [5.41, 5.74) is 0. The van der Waals surface area contributed by atoms with Crippen molar-refractivity contribution in [2.45, 2.75) is 25.5 Å². The predicted octanol–water partition coefficient (Wildman–Crippen LogP) is 1.34. The second-order valence-electron chi connectivity index (χ2n) is 2.74. The molecule has 78 valence electrons. The molecule has 0 unspecified atom stereocenters. The van der Waals surface area contributed by atoms with Gasteiger partial charge >= 0.3 is 5.97 Å². The Bertz CT molecular complexity index is 301. The van der Waals surface area contributed by atoms with Crippen molar-refractivity contribution in [3.8, 4) is 0 Å². The number of carbonyl (C=O) groups is 1. The molecule has 0 aliphatic heterocycles. The molecule has 5 nitrogen and oxygen atoms in total. The number of carboxylic acids is 1. The van der Waals surface area contributed by atoms with Gasteiger partial charge in [0.1, 0.15) is 0 Å². The first-order chi connectivity index (χ1) is 6.72. The molecule has 6 heteroatoms. The zero-order chi connectivity index (χ0) is 10.4. The summed E-state index contributed by atoms with van der Waals surface area (Å²) in [6.07, 6.45) is 1.77. The Morgan fingerprint density at radius 1 is 1.64 bits per heavy atom. The van der Waals surface area contributed by atoms with Crippen LogP contribution < -0.4 is 0 Å². The van der Waals surface area contributed by atoms with Crippen LogP contribution in [0.5, 0.6) is 0 Å². The molecule has 1 aromatic heterocycles. The van der Waals surface area contributed by atoms with Gasteiger partial charge in [-0.15, -0.1) is 11.8 Å². The van der Waals surface area contributed by atoms with Gasteiger partial charge in [-0.25, -0.2) is 0 Å². The van der Waals surface area contributed by atoms with Crippen molar-refractivity contribution >= 4 is 17.7 Å². The number of aryl methyl sites for hydroxylation is 1. The number of nitrogens with zero attached hydrogens (tertiary/aromatic N) is 2. The van der Waals surface area contributed by atoms with Crippen molar-refractivity contribution in [3.05, 3.63) is 11.7 Å². The third-order valence-corrected chi connectivity index (χ3v) is 2.34.